The van der Waals surface area contributed by atoms with Crippen LogP contribution in [0.3, 0.4) is 0 Å². The monoisotopic (exact) mass is 398 g/mol. The number of methoxy groups -OCH3 is 2. The molecule has 6 heteroatoms. The fourth-order valence-electron chi connectivity index (χ4n) is 3.69. The normalized spacial score (nSPS) is 18.8. The highest BCUT2D eigenvalue weighted by Gasteiger charge is 2.40. The van der Waals surface area contributed by atoms with Gasteiger partial charge in [-0.25, -0.2) is 4.39 Å². The van der Waals surface area contributed by atoms with Crippen LogP contribution >= 0.6 is 0 Å². The number of hydrogen-bond donors (Lipinski definition) is 0. The van der Waals surface area contributed by atoms with E-state index in [1.807, 2.05) is 6.07 Å². The summed E-state index contributed by atoms with van der Waals surface area (Å²) >= 11 is 0. The van der Waals surface area contributed by atoms with E-state index in [9.17, 15) is 14.0 Å². The van der Waals surface area contributed by atoms with Crippen molar-refractivity contribution in [3.8, 4) is 11.5 Å². The zero-order chi connectivity index (χ0) is 21.0. The third kappa shape index (κ3) is 4.16. The Hall–Kier alpha value is -3.15. The maximum Gasteiger partial charge on any atom is 0.317 e. The number of benzene rings is 2. The number of esters is 1. The molecule has 5 nitrogen and oxygen atoms in total. The first-order valence-electron chi connectivity index (χ1n) is 9.38. The molecule has 1 aliphatic rings. The molecule has 2 atom stereocenters. The summed E-state index contributed by atoms with van der Waals surface area (Å²) < 4.78 is 30.3. The molecule has 0 radical (unpaired) electrons. The predicted molar refractivity (Wildman–Crippen MR) is 106 cm³/mol. The zero-order valence-corrected chi connectivity index (χ0v) is 16.6. The SMILES string of the molecule is CCOC(=O)[C@@H]1C(=O)C=C(c2ccc(OC)c(OC)c2)C[C@@H]1c1ccccc1F. The molecule has 0 aromatic heterocycles. The number of halogens is 1. The Morgan fingerprint density at radius 3 is 2.48 bits per heavy atom. The van der Waals surface area contributed by atoms with Gasteiger partial charge in [0, 0.05) is 5.92 Å². The summed E-state index contributed by atoms with van der Waals surface area (Å²) in [6.07, 6.45) is 1.76. The highest BCUT2D eigenvalue weighted by Crippen LogP contribution is 2.42. The van der Waals surface area contributed by atoms with E-state index in [1.54, 1.807) is 44.4 Å². The summed E-state index contributed by atoms with van der Waals surface area (Å²) in [6, 6.07) is 11.5. The van der Waals surface area contributed by atoms with Crippen LogP contribution in [0.2, 0.25) is 0 Å². The van der Waals surface area contributed by atoms with Crippen LogP contribution in [0.15, 0.2) is 48.5 Å². The zero-order valence-electron chi connectivity index (χ0n) is 16.6. The highest BCUT2D eigenvalue weighted by molar-refractivity contribution is 6.10. The van der Waals surface area contributed by atoms with E-state index >= 15 is 0 Å². The Bertz CT molecular complexity index is 950. The quantitative estimate of drug-likeness (QED) is 0.540. The summed E-state index contributed by atoms with van der Waals surface area (Å²) in [7, 11) is 3.07. The Labute approximate surface area is 169 Å². The Morgan fingerprint density at radius 1 is 1.10 bits per heavy atom. The second-order valence-corrected chi connectivity index (χ2v) is 6.70. The molecule has 0 fully saturated rings. The average molecular weight is 398 g/mol. The summed E-state index contributed by atoms with van der Waals surface area (Å²) in [5.74, 6) is -2.12. The summed E-state index contributed by atoms with van der Waals surface area (Å²) in [4.78, 5) is 25.4. The number of carbonyl (C=O) groups excluding carboxylic acids is 2. The number of carbonyl (C=O) groups is 2. The largest absolute Gasteiger partial charge is 0.493 e. The van der Waals surface area contributed by atoms with E-state index in [0.717, 1.165) is 5.56 Å². The van der Waals surface area contributed by atoms with Crippen LogP contribution in [0.25, 0.3) is 5.57 Å². The van der Waals surface area contributed by atoms with Crippen LogP contribution in [0, 0.1) is 11.7 Å². The van der Waals surface area contributed by atoms with E-state index in [4.69, 9.17) is 14.2 Å². The van der Waals surface area contributed by atoms with E-state index < -0.39 is 29.4 Å². The lowest BCUT2D eigenvalue weighted by Gasteiger charge is -2.29. The Morgan fingerprint density at radius 2 is 1.83 bits per heavy atom. The van der Waals surface area contributed by atoms with Gasteiger partial charge in [0.15, 0.2) is 17.3 Å². The molecule has 2 aromatic rings. The first-order chi connectivity index (χ1) is 14.0. The van der Waals surface area contributed by atoms with Crippen LogP contribution in [-0.4, -0.2) is 32.6 Å². The molecular weight excluding hydrogens is 375 g/mol. The number of ketones is 1. The third-order valence-electron chi connectivity index (χ3n) is 5.06. The van der Waals surface area contributed by atoms with Crippen molar-refractivity contribution in [3.63, 3.8) is 0 Å². The smallest absolute Gasteiger partial charge is 0.317 e. The number of hydrogen-bond acceptors (Lipinski definition) is 5. The van der Waals surface area contributed by atoms with Crippen molar-refractivity contribution in [2.45, 2.75) is 19.3 Å². The van der Waals surface area contributed by atoms with Crippen LogP contribution < -0.4 is 9.47 Å². The minimum atomic E-state index is -1.07. The van der Waals surface area contributed by atoms with Crippen molar-refractivity contribution < 1.29 is 28.2 Å². The first kappa shape index (κ1) is 20.6. The molecule has 0 spiro atoms. The van der Waals surface area contributed by atoms with Gasteiger partial charge in [0.05, 0.1) is 20.8 Å². The van der Waals surface area contributed by atoms with Crippen molar-refractivity contribution in [3.05, 3.63) is 65.5 Å². The van der Waals surface area contributed by atoms with Crippen molar-refractivity contribution in [1.82, 2.24) is 0 Å². The summed E-state index contributed by atoms with van der Waals surface area (Å²) in [5, 5.41) is 0. The highest BCUT2D eigenvalue weighted by atomic mass is 19.1. The van der Waals surface area contributed by atoms with Crippen molar-refractivity contribution in [1.29, 1.82) is 0 Å². The van der Waals surface area contributed by atoms with Crippen molar-refractivity contribution in [2.75, 3.05) is 20.8 Å². The van der Waals surface area contributed by atoms with Crippen molar-refractivity contribution >= 4 is 17.3 Å². The van der Waals surface area contributed by atoms with Gasteiger partial charge in [0.25, 0.3) is 0 Å². The molecule has 0 aliphatic heterocycles. The summed E-state index contributed by atoms with van der Waals surface area (Å²) in [5.41, 5.74) is 1.77. The first-order valence-corrected chi connectivity index (χ1v) is 9.38. The second-order valence-electron chi connectivity index (χ2n) is 6.70. The molecule has 152 valence electrons. The van der Waals surface area contributed by atoms with Gasteiger partial charge in [0.1, 0.15) is 11.7 Å². The van der Waals surface area contributed by atoms with Crippen LogP contribution in [0.4, 0.5) is 4.39 Å². The van der Waals surface area contributed by atoms with Gasteiger partial charge < -0.3 is 14.2 Å². The summed E-state index contributed by atoms with van der Waals surface area (Å²) in [6.45, 7) is 1.83. The third-order valence-corrected chi connectivity index (χ3v) is 5.06. The maximum absolute atomic E-state index is 14.6. The Balaban J connectivity index is 2.06. The average Bonchev–Trinajstić information content (AvgIpc) is 2.73. The Kier molecular flexibility index (Phi) is 6.32. The van der Waals surface area contributed by atoms with E-state index in [-0.39, 0.29) is 6.61 Å². The fraction of sp³-hybridized carbons (Fsp3) is 0.304. The molecule has 2 aromatic carbocycles. The lowest BCUT2D eigenvalue weighted by Crippen LogP contribution is -2.34. The minimum absolute atomic E-state index is 0.152. The lowest BCUT2D eigenvalue weighted by atomic mass is 9.73. The maximum atomic E-state index is 14.6. The van der Waals surface area contributed by atoms with Gasteiger partial charge in [-0.05, 0) is 54.3 Å². The van der Waals surface area contributed by atoms with Gasteiger partial charge >= 0.3 is 5.97 Å². The van der Waals surface area contributed by atoms with Crippen LogP contribution in [-0.2, 0) is 14.3 Å². The van der Waals surface area contributed by atoms with E-state index in [1.165, 1.54) is 19.3 Å². The van der Waals surface area contributed by atoms with Gasteiger partial charge in [-0.15, -0.1) is 0 Å². The second kappa shape index (κ2) is 8.90. The number of ether oxygens (including phenoxy) is 3. The molecule has 0 amide bonds. The molecule has 0 bridgehead atoms. The molecule has 0 N–H and O–H groups in total. The number of allylic oxidation sites excluding steroid dienone is 2. The van der Waals surface area contributed by atoms with Gasteiger partial charge in [-0.3, -0.25) is 9.59 Å². The van der Waals surface area contributed by atoms with Crippen molar-refractivity contribution in [2.24, 2.45) is 5.92 Å². The molecule has 29 heavy (non-hydrogen) atoms. The molecule has 0 saturated heterocycles. The topological polar surface area (TPSA) is 61.8 Å². The molecule has 0 heterocycles. The molecule has 0 saturated carbocycles. The molecule has 1 aliphatic carbocycles. The van der Waals surface area contributed by atoms with E-state index in [2.05, 4.69) is 0 Å². The van der Waals surface area contributed by atoms with Crippen LogP contribution in [0.5, 0.6) is 11.5 Å². The van der Waals surface area contributed by atoms with Gasteiger partial charge in [-0.2, -0.15) is 0 Å². The molecule has 3 rings (SSSR count). The van der Waals surface area contributed by atoms with Gasteiger partial charge in [-0.1, -0.05) is 24.3 Å². The number of rotatable bonds is 6. The minimum Gasteiger partial charge on any atom is -0.493 e. The molecule has 0 unspecified atom stereocenters. The fourth-order valence-corrected chi connectivity index (χ4v) is 3.69. The van der Waals surface area contributed by atoms with Gasteiger partial charge in [0.2, 0.25) is 0 Å². The van der Waals surface area contributed by atoms with Crippen LogP contribution in [0.1, 0.15) is 30.4 Å². The standard InChI is InChI=1S/C23H23FO5/c1-4-29-23(26)22-17(16-7-5-6-8-18(16)24)11-15(12-19(22)25)14-9-10-20(27-2)21(13-14)28-3/h5-10,12-13,17,22H,4,11H2,1-3H3/t17-,22+/m1/s1. The molecular formula is C23H23FO5. The van der Waals surface area contributed by atoms with E-state index in [0.29, 0.717) is 29.1 Å². The predicted octanol–water partition coefficient (Wildman–Crippen LogP) is 4.16. The lowest BCUT2D eigenvalue weighted by molar-refractivity contribution is -0.151.